The molecule has 0 aliphatic carbocycles. The molecule has 1 atom stereocenters. The summed E-state index contributed by atoms with van der Waals surface area (Å²) in [5, 5.41) is 14.2. The maximum atomic E-state index is 11.7. The number of nitrogens with one attached hydrogen (secondary N) is 2. The van der Waals surface area contributed by atoms with E-state index >= 15 is 0 Å². The maximum absolute atomic E-state index is 11.7. The zero-order valence-corrected chi connectivity index (χ0v) is 14.0. The Bertz CT molecular complexity index is 409. The van der Waals surface area contributed by atoms with Crippen LogP contribution in [-0.2, 0) is 19.1 Å². The molecule has 0 aromatic heterocycles. The van der Waals surface area contributed by atoms with E-state index in [1.807, 2.05) is 13.8 Å². The first-order chi connectivity index (χ1) is 10.9. The largest absolute Gasteiger partial charge is 0.479 e. The van der Waals surface area contributed by atoms with Crippen molar-refractivity contribution in [1.82, 2.24) is 10.6 Å². The lowest BCUT2D eigenvalue weighted by molar-refractivity contribution is -0.140. The minimum absolute atomic E-state index is 0.148. The van der Waals surface area contributed by atoms with E-state index in [1.165, 1.54) is 0 Å². The van der Waals surface area contributed by atoms with Crippen LogP contribution in [0.15, 0.2) is 12.2 Å². The smallest absolute Gasteiger partial charge is 0.330 e. The third-order valence-electron chi connectivity index (χ3n) is 3.13. The number of carboxylic acid groups (broad SMARTS) is 1. The van der Waals surface area contributed by atoms with Gasteiger partial charge in [-0.1, -0.05) is 26.3 Å². The molecule has 0 spiro atoms. The molecule has 7 heteroatoms. The number of amides is 2. The van der Waals surface area contributed by atoms with Crippen molar-refractivity contribution in [1.29, 1.82) is 0 Å². The van der Waals surface area contributed by atoms with Crippen molar-refractivity contribution < 1.29 is 24.2 Å². The molecule has 0 unspecified atom stereocenters. The fourth-order valence-electron chi connectivity index (χ4n) is 1.88. The minimum atomic E-state index is -1.25. The summed E-state index contributed by atoms with van der Waals surface area (Å²) in [7, 11) is 0. The van der Waals surface area contributed by atoms with E-state index in [4.69, 9.17) is 4.74 Å². The third kappa shape index (κ3) is 10.5. The number of carbonyl (C=O) groups excluding carboxylic acids is 2. The highest BCUT2D eigenvalue weighted by atomic mass is 16.5. The molecule has 0 aromatic carbocycles. The quantitative estimate of drug-likeness (QED) is 0.348. The number of aliphatic carboxylic acids is 1. The van der Waals surface area contributed by atoms with Crippen molar-refractivity contribution in [2.75, 3.05) is 19.8 Å². The summed E-state index contributed by atoms with van der Waals surface area (Å²) in [5.74, 6) is -1.91. The molecular formula is C16H28N2O5. The van der Waals surface area contributed by atoms with Crippen LogP contribution in [-0.4, -0.2) is 48.7 Å². The molecule has 2 amide bonds. The van der Waals surface area contributed by atoms with Gasteiger partial charge < -0.3 is 20.5 Å². The summed E-state index contributed by atoms with van der Waals surface area (Å²) in [6.45, 7) is 8.80. The number of ether oxygens (including phenoxy) is 1. The molecule has 0 rings (SSSR count). The molecule has 0 aliphatic heterocycles. The molecule has 132 valence electrons. The highest BCUT2D eigenvalue weighted by Crippen LogP contribution is 2.07. The molecule has 23 heavy (non-hydrogen) atoms. The van der Waals surface area contributed by atoms with Crippen molar-refractivity contribution in [2.24, 2.45) is 0 Å². The first kappa shape index (κ1) is 21.1. The standard InChI is InChI=1S/C16H28N2O5/c1-4-6-7-8-13(19)18-15(16(21)22)12(3)11-14(20)17-9-10-23-5-2/h15H,3-11H2,1-2H3,(H,17,20)(H,18,19)(H,21,22)/t15-/m0/s1. The summed E-state index contributed by atoms with van der Waals surface area (Å²) in [6.07, 6.45) is 2.71. The predicted octanol–water partition coefficient (Wildman–Crippen LogP) is 1.24. The van der Waals surface area contributed by atoms with Crippen LogP contribution in [0, 0.1) is 0 Å². The monoisotopic (exact) mass is 328 g/mol. The van der Waals surface area contributed by atoms with Crippen molar-refractivity contribution in [3.63, 3.8) is 0 Å². The lowest BCUT2D eigenvalue weighted by Crippen LogP contribution is -2.43. The topological polar surface area (TPSA) is 105 Å². The second-order valence-electron chi connectivity index (χ2n) is 5.18. The molecule has 0 fully saturated rings. The average molecular weight is 328 g/mol. The van der Waals surface area contributed by atoms with Gasteiger partial charge in [0.25, 0.3) is 0 Å². The van der Waals surface area contributed by atoms with Crippen molar-refractivity contribution in [3.05, 3.63) is 12.2 Å². The second-order valence-corrected chi connectivity index (χ2v) is 5.18. The third-order valence-corrected chi connectivity index (χ3v) is 3.13. The Morgan fingerprint density at radius 2 is 1.87 bits per heavy atom. The van der Waals surface area contributed by atoms with Crippen LogP contribution in [0.5, 0.6) is 0 Å². The van der Waals surface area contributed by atoms with Crippen LogP contribution in [0.2, 0.25) is 0 Å². The number of carboxylic acids is 1. The van der Waals surface area contributed by atoms with Crippen LogP contribution in [0.25, 0.3) is 0 Å². The van der Waals surface area contributed by atoms with Gasteiger partial charge in [0.2, 0.25) is 11.8 Å². The molecule has 3 N–H and O–H groups in total. The van der Waals surface area contributed by atoms with Crippen LogP contribution >= 0.6 is 0 Å². The average Bonchev–Trinajstić information content (AvgIpc) is 2.49. The summed E-state index contributed by atoms with van der Waals surface area (Å²) in [4.78, 5) is 34.7. The van der Waals surface area contributed by atoms with Gasteiger partial charge in [0.1, 0.15) is 6.04 Å². The summed E-state index contributed by atoms with van der Waals surface area (Å²) < 4.78 is 5.09. The Labute approximate surface area is 137 Å². The Hall–Kier alpha value is -1.89. The zero-order chi connectivity index (χ0) is 17.7. The lowest BCUT2D eigenvalue weighted by Gasteiger charge is -2.17. The zero-order valence-electron chi connectivity index (χ0n) is 14.0. The van der Waals surface area contributed by atoms with E-state index < -0.39 is 12.0 Å². The normalized spacial score (nSPS) is 11.6. The van der Waals surface area contributed by atoms with E-state index in [2.05, 4.69) is 17.2 Å². The molecule has 0 aromatic rings. The van der Waals surface area contributed by atoms with Crippen LogP contribution < -0.4 is 10.6 Å². The van der Waals surface area contributed by atoms with Gasteiger partial charge in [0.05, 0.1) is 6.61 Å². The number of rotatable bonds is 13. The van der Waals surface area contributed by atoms with Gasteiger partial charge in [-0.05, 0) is 18.9 Å². The Kier molecular flexibility index (Phi) is 11.6. The lowest BCUT2D eigenvalue weighted by atomic mass is 10.0. The first-order valence-electron chi connectivity index (χ1n) is 7.96. The number of carbonyl (C=O) groups is 3. The second kappa shape index (κ2) is 12.6. The summed E-state index contributed by atoms with van der Waals surface area (Å²) in [5.41, 5.74) is 0.148. The van der Waals surface area contributed by atoms with E-state index in [0.717, 1.165) is 12.8 Å². The van der Waals surface area contributed by atoms with Crippen LogP contribution in [0.3, 0.4) is 0 Å². The van der Waals surface area contributed by atoms with E-state index in [1.54, 1.807) is 0 Å². The summed E-state index contributed by atoms with van der Waals surface area (Å²) >= 11 is 0. The van der Waals surface area contributed by atoms with Crippen molar-refractivity contribution >= 4 is 17.8 Å². The molecule has 0 saturated heterocycles. The van der Waals surface area contributed by atoms with Crippen LogP contribution in [0.1, 0.15) is 46.0 Å². The SMILES string of the molecule is C=C(CC(=O)NCCOCC)[C@H](NC(=O)CCCCC)C(=O)O. The Morgan fingerprint density at radius 3 is 2.43 bits per heavy atom. The molecule has 0 radical (unpaired) electrons. The molecule has 0 heterocycles. The Morgan fingerprint density at radius 1 is 1.17 bits per heavy atom. The van der Waals surface area contributed by atoms with Gasteiger partial charge >= 0.3 is 5.97 Å². The van der Waals surface area contributed by atoms with Gasteiger partial charge in [0.15, 0.2) is 0 Å². The van der Waals surface area contributed by atoms with Crippen LogP contribution in [0.4, 0.5) is 0 Å². The molecule has 0 bridgehead atoms. The van der Waals surface area contributed by atoms with E-state index in [0.29, 0.717) is 26.2 Å². The van der Waals surface area contributed by atoms with Crippen molar-refractivity contribution in [3.8, 4) is 0 Å². The number of unbranched alkanes of at least 4 members (excludes halogenated alkanes) is 2. The minimum Gasteiger partial charge on any atom is -0.479 e. The molecule has 0 saturated carbocycles. The van der Waals surface area contributed by atoms with Crippen molar-refractivity contribution in [2.45, 2.75) is 52.0 Å². The summed E-state index contributed by atoms with van der Waals surface area (Å²) in [6, 6.07) is -1.25. The fourth-order valence-corrected chi connectivity index (χ4v) is 1.88. The fraction of sp³-hybridized carbons (Fsp3) is 0.688. The van der Waals surface area contributed by atoms with E-state index in [9.17, 15) is 19.5 Å². The highest BCUT2D eigenvalue weighted by Gasteiger charge is 2.24. The molecule has 7 nitrogen and oxygen atoms in total. The van der Waals surface area contributed by atoms with Gasteiger partial charge in [0, 0.05) is 26.0 Å². The first-order valence-corrected chi connectivity index (χ1v) is 7.96. The Balaban J connectivity index is 4.31. The van der Waals surface area contributed by atoms with E-state index in [-0.39, 0.29) is 30.2 Å². The van der Waals surface area contributed by atoms with Gasteiger partial charge in [-0.2, -0.15) is 0 Å². The maximum Gasteiger partial charge on any atom is 0.330 e. The molecule has 0 aliphatic rings. The molecular weight excluding hydrogens is 300 g/mol. The number of hydrogen-bond donors (Lipinski definition) is 3. The van der Waals surface area contributed by atoms with Gasteiger partial charge in [-0.15, -0.1) is 0 Å². The number of hydrogen-bond acceptors (Lipinski definition) is 4. The highest BCUT2D eigenvalue weighted by molar-refractivity contribution is 5.88. The van der Waals surface area contributed by atoms with Gasteiger partial charge in [-0.3, -0.25) is 9.59 Å². The predicted molar refractivity (Wildman–Crippen MR) is 87.0 cm³/mol. The van der Waals surface area contributed by atoms with Gasteiger partial charge in [-0.25, -0.2) is 4.79 Å².